The Morgan fingerprint density at radius 2 is 2.15 bits per heavy atom. The van der Waals surface area contributed by atoms with Gasteiger partial charge in [0.1, 0.15) is 5.82 Å². The number of carboxylic acid groups (broad SMARTS) is 1. The second kappa shape index (κ2) is 6.38. The maximum Gasteiger partial charge on any atom is 0.313 e. The Bertz CT molecular complexity index is 617. The first-order valence-corrected chi connectivity index (χ1v) is 6.83. The molecular weight excluding hydrogens is 283 g/mol. The number of rotatable bonds is 6. The summed E-state index contributed by atoms with van der Waals surface area (Å²) in [6.45, 7) is 0.391. The Morgan fingerprint density at radius 3 is 2.85 bits per heavy atom. The van der Waals surface area contributed by atoms with Crippen molar-refractivity contribution in [1.82, 2.24) is 14.8 Å². The summed E-state index contributed by atoms with van der Waals surface area (Å²) in [5.74, 6) is -1.16. The standard InChI is InChI=1S/C12H13FN4O2S/c13-9-4-2-1-3-8(9)5-6-17-11(14)15-16-12(17)20-7-10(18)19/h1-4H,5-7H2,(H2,14,15)(H,18,19). The van der Waals surface area contributed by atoms with Crippen LogP contribution in [-0.4, -0.2) is 31.6 Å². The number of benzene rings is 1. The van der Waals surface area contributed by atoms with Gasteiger partial charge in [0, 0.05) is 6.54 Å². The average molecular weight is 296 g/mol. The summed E-state index contributed by atoms with van der Waals surface area (Å²) in [5, 5.41) is 16.6. The van der Waals surface area contributed by atoms with E-state index in [-0.39, 0.29) is 17.5 Å². The Morgan fingerprint density at radius 1 is 1.40 bits per heavy atom. The number of aliphatic carboxylic acids is 1. The van der Waals surface area contributed by atoms with E-state index in [0.717, 1.165) is 11.8 Å². The van der Waals surface area contributed by atoms with Gasteiger partial charge in [0.2, 0.25) is 5.95 Å². The first kappa shape index (κ1) is 14.3. The number of hydrogen-bond acceptors (Lipinski definition) is 5. The van der Waals surface area contributed by atoms with Crippen LogP contribution < -0.4 is 5.73 Å². The van der Waals surface area contributed by atoms with Gasteiger partial charge in [-0.1, -0.05) is 30.0 Å². The largest absolute Gasteiger partial charge is 0.481 e. The fourth-order valence-corrected chi connectivity index (χ4v) is 2.37. The molecule has 0 unspecified atom stereocenters. The fraction of sp³-hybridized carbons (Fsp3) is 0.250. The van der Waals surface area contributed by atoms with E-state index >= 15 is 0 Å². The van der Waals surface area contributed by atoms with Gasteiger partial charge in [-0.25, -0.2) is 4.39 Å². The fourth-order valence-electron chi connectivity index (χ4n) is 1.68. The van der Waals surface area contributed by atoms with Crippen molar-refractivity contribution in [2.75, 3.05) is 11.5 Å². The summed E-state index contributed by atoms with van der Waals surface area (Å²) < 4.78 is 15.1. The van der Waals surface area contributed by atoms with Gasteiger partial charge in [-0.05, 0) is 18.1 Å². The predicted molar refractivity (Wildman–Crippen MR) is 72.9 cm³/mol. The first-order chi connectivity index (χ1) is 9.58. The highest BCUT2D eigenvalue weighted by Crippen LogP contribution is 2.19. The average Bonchev–Trinajstić information content (AvgIpc) is 2.76. The SMILES string of the molecule is Nc1nnc(SCC(=O)O)n1CCc1ccccc1F. The third kappa shape index (κ3) is 3.47. The van der Waals surface area contributed by atoms with Gasteiger partial charge in [0.05, 0.1) is 5.75 Å². The number of thioether (sulfide) groups is 1. The summed E-state index contributed by atoms with van der Waals surface area (Å²) in [6, 6.07) is 6.47. The molecule has 2 rings (SSSR count). The smallest absolute Gasteiger partial charge is 0.313 e. The molecule has 0 bridgehead atoms. The quantitative estimate of drug-likeness (QED) is 0.783. The van der Waals surface area contributed by atoms with E-state index in [4.69, 9.17) is 10.8 Å². The van der Waals surface area contributed by atoms with Gasteiger partial charge >= 0.3 is 5.97 Å². The molecule has 1 heterocycles. The molecular formula is C12H13FN4O2S. The first-order valence-electron chi connectivity index (χ1n) is 5.84. The summed E-state index contributed by atoms with van der Waals surface area (Å²) in [5.41, 5.74) is 6.25. The molecule has 1 aromatic heterocycles. The number of halogens is 1. The number of anilines is 1. The molecule has 0 saturated heterocycles. The second-order valence-electron chi connectivity index (χ2n) is 4.02. The zero-order chi connectivity index (χ0) is 14.5. The Labute approximate surface area is 118 Å². The Kier molecular flexibility index (Phi) is 4.57. The third-order valence-electron chi connectivity index (χ3n) is 2.63. The summed E-state index contributed by atoms with van der Waals surface area (Å²) in [4.78, 5) is 10.6. The van der Waals surface area contributed by atoms with E-state index in [1.165, 1.54) is 6.07 Å². The molecule has 1 aromatic carbocycles. The van der Waals surface area contributed by atoms with E-state index in [9.17, 15) is 9.18 Å². The molecule has 8 heteroatoms. The minimum Gasteiger partial charge on any atom is -0.481 e. The normalized spacial score (nSPS) is 10.7. The number of carboxylic acids is 1. The van der Waals surface area contributed by atoms with Crippen molar-refractivity contribution in [2.45, 2.75) is 18.1 Å². The highest BCUT2D eigenvalue weighted by molar-refractivity contribution is 7.99. The van der Waals surface area contributed by atoms with E-state index in [1.54, 1.807) is 22.8 Å². The van der Waals surface area contributed by atoms with Crippen LogP contribution in [0.4, 0.5) is 10.3 Å². The van der Waals surface area contributed by atoms with Crippen molar-refractivity contribution in [2.24, 2.45) is 0 Å². The molecule has 0 atom stereocenters. The van der Waals surface area contributed by atoms with Crippen LogP contribution in [0.25, 0.3) is 0 Å². The summed E-state index contributed by atoms with van der Waals surface area (Å²) in [6.07, 6.45) is 0.426. The monoisotopic (exact) mass is 296 g/mol. The third-order valence-corrected chi connectivity index (χ3v) is 3.58. The Hall–Kier alpha value is -2.09. The number of carbonyl (C=O) groups is 1. The lowest BCUT2D eigenvalue weighted by Gasteiger charge is -2.08. The van der Waals surface area contributed by atoms with Crippen LogP contribution >= 0.6 is 11.8 Å². The molecule has 0 fully saturated rings. The number of nitrogens with two attached hydrogens (primary N) is 1. The Balaban J connectivity index is 2.07. The molecule has 0 radical (unpaired) electrons. The lowest BCUT2D eigenvalue weighted by molar-refractivity contribution is -0.133. The van der Waals surface area contributed by atoms with Crippen LogP contribution in [0.5, 0.6) is 0 Å². The summed E-state index contributed by atoms with van der Waals surface area (Å²) in [7, 11) is 0. The molecule has 0 aliphatic heterocycles. The molecule has 0 aliphatic rings. The number of aryl methyl sites for hydroxylation is 1. The predicted octanol–water partition coefficient (Wildman–Crippen LogP) is 1.42. The highest BCUT2D eigenvalue weighted by Gasteiger charge is 2.12. The van der Waals surface area contributed by atoms with Crippen LogP contribution in [0.3, 0.4) is 0 Å². The van der Waals surface area contributed by atoms with E-state index in [2.05, 4.69) is 10.2 Å². The molecule has 0 aliphatic carbocycles. The number of hydrogen-bond donors (Lipinski definition) is 2. The molecule has 0 saturated carbocycles. The maximum atomic E-state index is 13.5. The molecule has 0 spiro atoms. The van der Waals surface area contributed by atoms with Gasteiger partial charge < -0.3 is 10.8 Å². The lowest BCUT2D eigenvalue weighted by Crippen LogP contribution is -2.09. The molecule has 3 N–H and O–H groups in total. The highest BCUT2D eigenvalue weighted by atomic mass is 32.2. The summed E-state index contributed by atoms with van der Waals surface area (Å²) >= 11 is 1.03. The van der Waals surface area contributed by atoms with E-state index in [0.29, 0.717) is 23.7 Å². The zero-order valence-electron chi connectivity index (χ0n) is 10.5. The van der Waals surface area contributed by atoms with Crippen LogP contribution in [0.2, 0.25) is 0 Å². The zero-order valence-corrected chi connectivity index (χ0v) is 11.3. The molecule has 0 amide bonds. The van der Waals surface area contributed by atoms with Gasteiger partial charge in [-0.2, -0.15) is 0 Å². The van der Waals surface area contributed by atoms with Crippen molar-refractivity contribution in [1.29, 1.82) is 0 Å². The van der Waals surface area contributed by atoms with Crippen LogP contribution in [0, 0.1) is 5.82 Å². The van der Waals surface area contributed by atoms with Crippen molar-refractivity contribution in [3.05, 3.63) is 35.6 Å². The number of nitrogen functional groups attached to an aromatic ring is 1. The van der Waals surface area contributed by atoms with Gasteiger partial charge in [0.25, 0.3) is 0 Å². The van der Waals surface area contributed by atoms with Gasteiger partial charge in [-0.3, -0.25) is 9.36 Å². The van der Waals surface area contributed by atoms with E-state index < -0.39 is 5.97 Å². The van der Waals surface area contributed by atoms with Crippen molar-refractivity contribution in [3.8, 4) is 0 Å². The number of nitrogens with zero attached hydrogens (tertiary/aromatic N) is 3. The van der Waals surface area contributed by atoms with Crippen molar-refractivity contribution in [3.63, 3.8) is 0 Å². The van der Waals surface area contributed by atoms with Crippen LogP contribution in [0.1, 0.15) is 5.56 Å². The van der Waals surface area contributed by atoms with Crippen LogP contribution in [0.15, 0.2) is 29.4 Å². The second-order valence-corrected chi connectivity index (χ2v) is 4.96. The van der Waals surface area contributed by atoms with Gasteiger partial charge in [0.15, 0.2) is 5.16 Å². The lowest BCUT2D eigenvalue weighted by atomic mass is 10.1. The number of aromatic nitrogens is 3. The van der Waals surface area contributed by atoms with Crippen molar-refractivity contribution >= 4 is 23.7 Å². The molecule has 106 valence electrons. The molecule has 20 heavy (non-hydrogen) atoms. The molecule has 6 nitrogen and oxygen atoms in total. The minimum atomic E-state index is -0.947. The minimum absolute atomic E-state index is 0.127. The van der Waals surface area contributed by atoms with Crippen molar-refractivity contribution < 1.29 is 14.3 Å². The van der Waals surface area contributed by atoms with Crippen LogP contribution in [-0.2, 0) is 17.8 Å². The van der Waals surface area contributed by atoms with E-state index in [1.807, 2.05) is 0 Å². The topological polar surface area (TPSA) is 94.0 Å². The van der Waals surface area contributed by atoms with Gasteiger partial charge in [-0.15, -0.1) is 10.2 Å². The maximum absolute atomic E-state index is 13.5. The molecule has 2 aromatic rings.